The zero-order valence-electron chi connectivity index (χ0n) is 28.1. The largest absolute Gasteiger partial charge is 0.309 e. The van der Waals surface area contributed by atoms with E-state index in [9.17, 15) is 0 Å². The van der Waals surface area contributed by atoms with E-state index < -0.39 is 0 Å². The molecule has 0 N–H and O–H groups in total. The molecule has 0 amide bonds. The molecule has 11 aromatic rings. The number of rotatable bonds is 4. The van der Waals surface area contributed by atoms with Gasteiger partial charge < -0.3 is 4.57 Å². The summed E-state index contributed by atoms with van der Waals surface area (Å²) in [4.78, 5) is 10.6. The molecule has 0 aliphatic rings. The van der Waals surface area contributed by atoms with Crippen LogP contribution in [0.1, 0.15) is 0 Å². The number of hydrogen-bond acceptors (Lipinski definition) is 2. The second-order valence-electron chi connectivity index (χ2n) is 13.5. The molecule has 3 heterocycles. The molecule has 3 aromatic heterocycles. The van der Waals surface area contributed by atoms with Crippen molar-refractivity contribution >= 4 is 65.4 Å². The molecule has 0 saturated carbocycles. The molecule has 52 heavy (non-hydrogen) atoms. The fraction of sp³-hybridized carbons (Fsp3) is 0. The van der Waals surface area contributed by atoms with Gasteiger partial charge in [0.1, 0.15) is 5.69 Å². The SMILES string of the molecule is c1ccc(-c2nc3ccccc3nc2-n2c3ccc(-c4ccc5c(c4)c4ccccc4n5-c4ccccc4)cc3c3cc4ccccc4cc32)cc1. The van der Waals surface area contributed by atoms with Crippen molar-refractivity contribution in [2.45, 2.75) is 0 Å². The first-order chi connectivity index (χ1) is 25.8. The lowest BCUT2D eigenvalue weighted by Crippen LogP contribution is -2.03. The number of hydrogen-bond donors (Lipinski definition) is 0. The van der Waals surface area contributed by atoms with Gasteiger partial charge in [0.2, 0.25) is 0 Å². The number of nitrogens with zero attached hydrogens (tertiary/aromatic N) is 4. The molecule has 4 nitrogen and oxygen atoms in total. The summed E-state index contributed by atoms with van der Waals surface area (Å²) >= 11 is 0. The lowest BCUT2D eigenvalue weighted by atomic mass is 10.00. The maximum atomic E-state index is 5.34. The van der Waals surface area contributed by atoms with Crippen molar-refractivity contribution in [2.75, 3.05) is 0 Å². The smallest absolute Gasteiger partial charge is 0.165 e. The average molecular weight is 663 g/mol. The van der Waals surface area contributed by atoms with Gasteiger partial charge in [0.15, 0.2) is 5.82 Å². The third-order valence-corrected chi connectivity index (χ3v) is 10.5. The number of para-hydroxylation sites is 4. The number of aromatic nitrogens is 4. The topological polar surface area (TPSA) is 35.6 Å². The van der Waals surface area contributed by atoms with E-state index in [2.05, 4.69) is 161 Å². The molecule has 0 fully saturated rings. The normalized spacial score (nSPS) is 11.8. The van der Waals surface area contributed by atoms with Crippen LogP contribution in [0.5, 0.6) is 0 Å². The second-order valence-corrected chi connectivity index (χ2v) is 13.5. The second kappa shape index (κ2) is 11.2. The molecule has 242 valence electrons. The third-order valence-electron chi connectivity index (χ3n) is 10.5. The Labute approximate surface area is 299 Å². The first-order valence-electron chi connectivity index (χ1n) is 17.7. The van der Waals surface area contributed by atoms with Crippen LogP contribution in [-0.2, 0) is 0 Å². The molecule has 0 radical (unpaired) electrons. The van der Waals surface area contributed by atoms with Crippen LogP contribution in [0, 0.1) is 0 Å². The van der Waals surface area contributed by atoms with E-state index in [4.69, 9.17) is 9.97 Å². The molecule has 4 heteroatoms. The minimum atomic E-state index is 0.822. The van der Waals surface area contributed by atoms with E-state index >= 15 is 0 Å². The van der Waals surface area contributed by atoms with Crippen molar-refractivity contribution in [1.29, 1.82) is 0 Å². The molecule has 11 rings (SSSR count). The summed E-state index contributed by atoms with van der Waals surface area (Å²) in [5, 5.41) is 7.25. The number of benzene rings is 8. The summed E-state index contributed by atoms with van der Waals surface area (Å²) in [6, 6.07) is 64.9. The Morgan fingerprint density at radius 3 is 1.62 bits per heavy atom. The van der Waals surface area contributed by atoms with Gasteiger partial charge in [0.25, 0.3) is 0 Å². The number of fused-ring (bicyclic) bond motifs is 8. The Morgan fingerprint density at radius 1 is 0.327 bits per heavy atom. The van der Waals surface area contributed by atoms with E-state index in [0.717, 1.165) is 44.8 Å². The zero-order chi connectivity index (χ0) is 34.2. The minimum Gasteiger partial charge on any atom is -0.309 e. The Hall–Kier alpha value is -7.04. The van der Waals surface area contributed by atoms with Crippen LogP contribution in [-0.4, -0.2) is 19.1 Å². The van der Waals surface area contributed by atoms with Crippen LogP contribution in [0.25, 0.3) is 99.3 Å². The van der Waals surface area contributed by atoms with Gasteiger partial charge in [-0.25, -0.2) is 9.97 Å². The van der Waals surface area contributed by atoms with Gasteiger partial charge >= 0.3 is 0 Å². The van der Waals surface area contributed by atoms with Gasteiger partial charge in [-0.2, -0.15) is 0 Å². The zero-order valence-corrected chi connectivity index (χ0v) is 28.1. The van der Waals surface area contributed by atoms with Gasteiger partial charge in [-0.1, -0.05) is 115 Å². The van der Waals surface area contributed by atoms with Crippen LogP contribution in [0.15, 0.2) is 182 Å². The van der Waals surface area contributed by atoms with Crippen LogP contribution >= 0.6 is 0 Å². The predicted molar refractivity (Wildman–Crippen MR) is 217 cm³/mol. The van der Waals surface area contributed by atoms with Crippen molar-refractivity contribution in [3.8, 4) is 33.9 Å². The highest BCUT2D eigenvalue weighted by atomic mass is 15.1. The maximum absolute atomic E-state index is 5.34. The Morgan fingerprint density at radius 2 is 0.865 bits per heavy atom. The monoisotopic (exact) mass is 662 g/mol. The lowest BCUT2D eigenvalue weighted by molar-refractivity contribution is 1.08. The van der Waals surface area contributed by atoms with Crippen molar-refractivity contribution < 1.29 is 0 Å². The van der Waals surface area contributed by atoms with Gasteiger partial charge in [-0.15, -0.1) is 0 Å². The van der Waals surface area contributed by atoms with Gasteiger partial charge in [-0.3, -0.25) is 4.57 Å². The summed E-state index contributed by atoms with van der Waals surface area (Å²) < 4.78 is 4.69. The Balaban J connectivity index is 1.18. The van der Waals surface area contributed by atoms with Crippen molar-refractivity contribution in [3.63, 3.8) is 0 Å². The molecule has 8 aromatic carbocycles. The minimum absolute atomic E-state index is 0.822. The predicted octanol–water partition coefficient (Wildman–Crippen LogP) is 12.3. The van der Waals surface area contributed by atoms with Gasteiger partial charge in [0, 0.05) is 32.8 Å². The molecular weight excluding hydrogens is 633 g/mol. The van der Waals surface area contributed by atoms with Gasteiger partial charge in [-0.05, 0) is 88.6 Å². The van der Waals surface area contributed by atoms with E-state index in [1.54, 1.807) is 0 Å². The molecule has 0 bridgehead atoms. The van der Waals surface area contributed by atoms with E-state index in [1.165, 1.54) is 54.5 Å². The summed E-state index contributed by atoms with van der Waals surface area (Å²) in [5.41, 5.74) is 11.8. The van der Waals surface area contributed by atoms with Crippen molar-refractivity contribution in [2.24, 2.45) is 0 Å². The van der Waals surface area contributed by atoms with Crippen LogP contribution in [0.4, 0.5) is 0 Å². The highest BCUT2D eigenvalue weighted by Crippen LogP contribution is 2.40. The van der Waals surface area contributed by atoms with Crippen LogP contribution in [0.3, 0.4) is 0 Å². The summed E-state index contributed by atoms with van der Waals surface area (Å²) in [5.74, 6) is 0.822. The first kappa shape index (κ1) is 28.8. The van der Waals surface area contributed by atoms with E-state index in [0.29, 0.717) is 0 Å². The fourth-order valence-electron chi connectivity index (χ4n) is 8.06. The Kier molecular flexibility index (Phi) is 6.22. The average Bonchev–Trinajstić information content (AvgIpc) is 3.71. The highest BCUT2D eigenvalue weighted by Gasteiger charge is 2.21. The summed E-state index contributed by atoms with van der Waals surface area (Å²) in [6.07, 6.45) is 0. The summed E-state index contributed by atoms with van der Waals surface area (Å²) in [7, 11) is 0. The molecule has 0 saturated heterocycles. The molecular formula is C48H30N4. The highest BCUT2D eigenvalue weighted by molar-refractivity contribution is 6.15. The standard InChI is InChI=1S/C48H30N4/c1-3-13-31(14-4-1)47-48(50-42-21-11-10-20-41(42)49-47)52-45-26-24-35(29-39(45)40-27-32-15-7-8-16-33(32)30-46(40)52)34-23-25-44-38(28-34)37-19-9-12-22-43(37)51(44)36-17-5-2-6-18-36/h1-30H. The quantitative estimate of drug-likeness (QED) is 0.188. The van der Waals surface area contributed by atoms with Crippen molar-refractivity contribution in [3.05, 3.63) is 182 Å². The fourth-order valence-corrected chi connectivity index (χ4v) is 8.06. The maximum Gasteiger partial charge on any atom is 0.165 e. The molecule has 0 atom stereocenters. The molecule has 0 aliphatic heterocycles. The van der Waals surface area contributed by atoms with Gasteiger partial charge in [0.05, 0.1) is 33.1 Å². The molecule has 0 aliphatic carbocycles. The van der Waals surface area contributed by atoms with Crippen LogP contribution in [0.2, 0.25) is 0 Å². The molecule has 0 spiro atoms. The van der Waals surface area contributed by atoms with Crippen molar-refractivity contribution in [1.82, 2.24) is 19.1 Å². The van der Waals surface area contributed by atoms with Crippen LogP contribution < -0.4 is 0 Å². The first-order valence-corrected chi connectivity index (χ1v) is 17.7. The molecule has 0 unspecified atom stereocenters. The third kappa shape index (κ3) is 4.34. The van der Waals surface area contributed by atoms with E-state index in [-0.39, 0.29) is 0 Å². The lowest BCUT2D eigenvalue weighted by Gasteiger charge is -2.14. The Bertz CT molecular complexity index is 3170. The van der Waals surface area contributed by atoms with E-state index in [1.807, 2.05) is 30.3 Å². The summed E-state index contributed by atoms with van der Waals surface area (Å²) in [6.45, 7) is 0.